The zero-order valence-electron chi connectivity index (χ0n) is 19.4. The average Bonchev–Trinajstić information content (AvgIpc) is 2.82. The molecule has 3 aromatic rings. The second-order valence-corrected chi connectivity index (χ2v) is 9.38. The lowest BCUT2D eigenvalue weighted by molar-refractivity contribution is -0.0867. The van der Waals surface area contributed by atoms with Gasteiger partial charge in [-0.3, -0.25) is 14.6 Å². The third-order valence-corrected chi connectivity index (χ3v) is 6.95. The Hall–Kier alpha value is -3.30. The third kappa shape index (κ3) is 5.57. The van der Waals surface area contributed by atoms with Gasteiger partial charge < -0.3 is 10.7 Å². The molecule has 2 aliphatic carbocycles. The molecule has 0 bridgehead atoms. The van der Waals surface area contributed by atoms with Crippen molar-refractivity contribution in [3.8, 4) is 11.3 Å². The van der Waals surface area contributed by atoms with Crippen LogP contribution in [0.25, 0.3) is 22.2 Å². The van der Waals surface area contributed by atoms with E-state index < -0.39 is 18.5 Å². The topological polar surface area (TPSA) is 88.8 Å². The monoisotopic (exact) mass is 507 g/mol. The largest absolute Gasteiger partial charge is 0.379 e. The first-order valence-corrected chi connectivity index (χ1v) is 11.8. The highest BCUT2D eigenvalue weighted by Gasteiger charge is 2.46. The molecule has 2 fully saturated rings. The summed E-state index contributed by atoms with van der Waals surface area (Å²) in [5.41, 5.74) is 9.12. The number of aromatic nitrogens is 2. The number of rotatable bonds is 4. The number of hydrogen-bond acceptors (Lipinski definition) is 3. The van der Waals surface area contributed by atoms with Crippen LogP contribution in [0.15, 0.2) is 41.3 Å². The molecule has 5 rings (SSSR count). The normalized spacial score (nSPS) is 17.9. The highest BCUT2D eigenvalue weighted by Crippen LogP contribution is 2.49. The fraction of sp³-hybridized carbons (Fsp3) is 0.423. The van der Waals surface area contributed by atoms with Crippen LogP contribution >= 0.6 is 0 Å². The second kappa shape index (κ2) is 10.4. The molecule has 1 aromatic carbocycles. The van der Waals surface area contributed by atoms with Crippen LogP contribution in [0.2, 0.25) is 0 Å². The molecule has 10 heteroatoms. The molecule has 36 heavy (non-hydrogen) atoms. The number of nitrogens with one attached hydrogen (secondary N) is 1. The van der Waals surface area contributed by atoms with E-state index in [2.05, 4.69) is 16.0 Å². The van der Waals surface area contributed by atoms with Crippen molar-refractivity contribution >= 4 is 16.8 Å². The maximum atomic E-state index is 13.5. The Morgan fingerprint density at radius 2 is 1.69 bits per heavy atom. The minimum atomic E-state index is -3.67. The van der Waals surface area contributed by atoms with E-state index >= 15 is 0 Å². The molecule has 0 radical (unpaired) electrons. The summed E-state index contributed by atoms with van der Waals surface area (Å²) in [6.07, 6.45) is 6.81. The van der Waals surface area contributed by atoms with E-state index in [9.17, 15) is 31.5 Å². The minimum Gasteiger partial charge on any atom is -0.364 e. The molecule has 2 aliphatic rings. The molecule has 2 aromatic heterocycles. The Morgan fingerprint density at radius 3 is 2.31 bits per heavy atom. The predicted octanol–water partition coefficient (Wildman–Crippen LogP) is 6.43. The van der Waals surface area contributed by atoms with Crippen molar-refractivity contribution in [3.63, 3.8) is 0 Å². The van der Waals surface area contributed by atoms with E-state index in [1.54, 1.807) is 6.07 Å². The number of alkyl halides is 5. The van der Waals surface area contributed by atoms with Crippen LogP contribution in [-0.2, 0) is 0 Å². The van der Waals surface area contributed by atoms with E-state index in [0.29, 0.717) is 17.1 Å². The third-order valence-electron chi connectivity index (χ3n) is 6.95. The molecule has 0 unspecified atom stereocenters. The zero-order valence-corrected chi connectivity index (χ0v) is 19.4. The van der Waals surface area contributed by atoms with Crippen LogP contribution in [0.5, 0.6) is 0 Å². The molecule has 2 heterocycles. The average molecular weight is 508 g/mol. The summed E-state index contributed by atoms with van der Waals surface area (Å²) >= 11 is 0. The Bertz CT molecular complexity index is 1310. The molecule has 3 N–H and O–H groups in total. The number of aromatic amines is 1. The second-order valence-electron chi connectivity index (χ2n) is 9.38. The van der Waals surface area contributed by atoms with Gasteiger partial charge in [-0.1, -0.05) is 37.5 Å². The van der Waals surface area contributed by atoms with Gasteiger partial charge in [0.05, 0.1) is 10.9 Å². The van der Waals surface area contributed by atoms with E-state index in [4.69, 9.17) is 5.73 Å². The molecule has 0 spiro atoms. The molecule has 0 saturated heterocycles. The molecular formula is C26H26F5N3O2. The summed E-state index contributed by atoms with van der Waals surface area (Å²) < 4.78 is 56.0. The fourth-order valence-corrected chi connectivity index (χ4v) is 5.26. The lowest BCUT2D eigenvalue weighted by Crippen LogP contribution is -2.33. The van der Waals surface area contributed by atoms with Crippen molar-refractivity contribution < 1.29 is 26.7 Å². The van der Waals surface area contributed by atoms with Crippen molar-refractivity contribution in [1.29, 1.82) is 0 Å². The van der Waals surface area contributed by atoms with Gasteiger partial charge >= 0.3 is 6.68 Å². The number of nitrogens with zero attached hydrogens (tertiary/aromatic N) is 1. The maximum absolute atomic E-state index is 13.5. The van der Waals surface area contributed by atoms with Crippen LogP contribution in [0.3, 0.4) is 0 Å². The number of amides is 1. The van der Waals surface area contributed by atoms with Gasteiger partial charge in [-0.2, -0.15) is 13.2 Å². The van der Waals surface area contributed by atoms with Crippen molar-refractivity contribution in [1.82, 2.24) is 9.97 Å². The fourth-order valence-electron chi connectivity index (χ4n) is 5.26. The maximum Gasteiger partial charge on any atom is 0.379 e. The lowest BCUT2D eigenvalue weighted by Gasteiger charge is -2.36. The zero-order chi connectivity index (χ0) is 26.0. The van der Waals surface area contributed by atoms with Crippen LogP contribution in [0.4, 0.5) is 22.0 Å². The van der Waals surface area contributed by atoms with Gasteiger partial charge in [0.15, 0.2) is 5.43 Å². The van der Waals surface area contributed by atoms with Gasteiger partial charge in [0, 0.05) is 36.4 Å². The van der Waals surface area contributed by atoms with Crippen LogP contribution in [0.1, 0.15) is 78.4 Å². The van der Waals surface area contributed by atoms with Gasteiger partial charge in [0.1, 0.15) is 5.69 Å². The highest BCUT2D eigenvalue weighted by molar-refractivity contribution is 6.03. The summed E-state index contributed by atoms with van der Waals surface area (Å²) in [4.78, 5) is 31.9. The minimum absolute atomic E-state index is 0.0518. The van der Waals surface area contributed by atoms with E-state index in [-0.39, 0.29) is 35.3 Å². The van der Waals surface area contributed by atoms with Gasteiger partial charge in [-0.25, -0.2) is 8.78 Å². The van der Waals surface area contributed by atoms with Crippen molar-refractivity contribution in [3.05, 3.63) is 63.6 Å². The van der Waals surface area contributed by atoms with Crippen molar-refractivity contribution in [2.24, 2.45) is 5.73 Å². The smallest absolute Gasteiger partial charge is 0.364 e. The van der Waals surface area contributed by atoms with Crippen LogP contribution in [0, 0.1) is 0 Å². The Balaban J connectivity index is 0.000000709. The number of fused-ring (bicyclic) bond motifs is 1. The van der Waals surface area contributed by atoms with E-state index in [0.717, 1.165) is 42.4 Å². The Morgan fingerprint density at radius 1 is 1.03 bits per heavy atom. The Kier molecular flexibility index (Phi) is 7.42. The number of halogens is 5. The summed E-state index contributed by atoms with van der Waals surface area (Å²) in [6, 6.07) is 9.07. The summed E-state index contributed by atoms with van der Waals surface area (Å²) in [5, 5.41) is 0.177. The number of benzene rings is 1. The number of pyridine rings is 2. The quantitative estimate of drug-likeness (QED) is 0.399. The number of nitrogens with two attached hydrogens (primary N) is 1. The summed E-state index contributed by atoms with van der Waals surface area (Å²) in [5.74, 6) is -3.11. The lowest BCUT2D eigenvalue weighted by atomic mass is 9.74. The summed E-state index contributed by atoms with van der Waals surface area (Å²) in [7, 11) is 0. The molecular weight excluding hydrogens is 481 g/mol. The van der Waals surface area contributed by atoms with E-state index in [1.165, 1.54) is 18.7 Å². The SMILES string of the molecule is FC(F)F.NC(=O)c1nccc2[nH]c(-c3ccc(C4CC(F)(F)C4)cc3C3CCCCC3)cc(=O)c12. The predicted molar refractivity (Wildman–Crippen MR) is 126 cm³/mol. The number of hydrogen-bond donors (Lipinski definition) is 2. The van der Waals surface area contributed by atoms with Gasteiger partial charge in [-0.05, 0) is 41.9 Å². The van der Waals surface area contributed by atoms with Gasteiger partial charge in [0.25, 0.3) is 5.91 Å². The van der Waals surface area contributed by atoms with Crippen LogP contribution < -0.4 is 11.2 Å². The van der Waals surface area contributed by atoms with E-state index in [1.807, 2.05) is 12.1 Å². The van der Waals surface area contributed by atoms with Gasteiger partial charge in [0.2, 0.25) is 5.92 Å². The molecule has 0 atom stereocenters. The number of carbonyl (C=O) groups is 1. The highest BCUT2D eigenvalue weighted by atomic mass is 19.4. The number of carbonyl (C=O) groups excluding carboxylic acids is 1. The number of primary amides is 1. The summed E-state index contributed by atoms with van der Waals surface area (Å²) in [6.45, 7) is -3.67. The first-order valence-electron chi connectivity index (χ1n) is 11.8. The molecule has 192 valence electrons. The number of H-pyrrole nitrogens is 1. The Labute approximate surface area is 203 Å². The molecule has 2 saturated carbocycles. The molecule has 1 amide bonds. The van der Waals surface area contributed by atoms with Crippen molar-refractivity contribution in [2.75, 3.05) is 0 Å². The molecule has 0 aliphatic heterocycles. The first-order chi connectivity index (χ1) is 17.1. The first kappa shape index (κ1) is 25.8. The van der Waals surface area contributed by atoms with Gasteiger partial charge in [-0.15, -0.1) is 0 Å². The standard InChI is InChI=1S/C25H25F2N3O2.CHF3/c26-25(27)12-16(13-25)15-6-7-17(18(10-15)14-4-2-1-3-5-14)20-11-21(31)22-19(30-20)8-9-29-23(22)24(28)32;2-1(3)4/h6-11,14,16H,1-5,12-13H2,(H2,28,32)(H,30,31);1H. The molecule has 5 nitrogen and oxygen atoms in total. The van der Waals surface area contributed by atoms with Crippen molar-refractivity contribution in [2.45, 2.75) is 69.4 Å². The van der Waals surface area contributed by atoms with Crippen LogP contribution in [-0.4, -0.2) is 28.5 Å².